The number of rotatable bonds is 6. The van der Waals surface area contributed by atoms with Crippen molar-refractivity contribution in [1.82, 2.24) is 4.98 Å². The van der Waals surface area contributed by atoms with Crippen LogP contribution in [0.1, 0.15) is 36.0 Å². The van der Waals surface area contributed by atoms with Crippen molar-refractivity contribution in [2.75, 3.05) is 5.32 Å². The summed E-state index contributed by atoms with van der Waals surface area (Å²) in [5.74, 6) is -0.755. The van der Waals surface area contributed by atoms with Gasteiger partial charge in [-0.1, -0.05) is 32.0 Å². The molecule has 0 saturated carbocycles. The van der Waals surface area contributed by atoms with Gasteiger partial charge in [0.1, 0.15) is 5.01 Å². The fourth-order valence-electron chi connectivity index (χ4n) is 2.11. The summed E-state index contributed by atoms with van der Waals surface area (Å²) in [6.45, 7) is 4.15. The van der Waals surface area contributed by atoms with E-state index in [2.05, 4.69) is 24.1 Å². The number of aromatic nitrogens is 1. The fraction of sp³-hybridized carbons (Fsp3) is 0.312. The molecule has 1 amide bonds. The van der Waals surface area contributed by atoms with Gasteiger partial charge in [0.25, 0.3) is 0 Å². The smallest absolute Gasteiger partial charge is 0.309 e. The molecule has 1 heterocycles. The van der Waals surface area contributed by atoms with Gasteiger partial charge in [0, 0.05) is 11.1 Å². The zero-order chi connectivity index (χ0) is 16.1. The minimum Gasteiger partial charge on any atom is -0.481 e. The third kappa shape index (κ3) is 4.39. The van der Waals surface area contributed by atoms with E-state index in [1.165, 1.54) is 11.3 Å². The van der Waals surface area contributed by atoms with E-state index in [1.807, 2.05) is 24.3 Å². The Balaban J connectivity index is 2.01. The zero-order valence-electron chi connectivity index (χ0n) is 12.5. The minimum atomic E-state index is -0.924. The second kappa shape index (κ2) is 7.17. The predicted octanol–water partition coefficient (Wildman–Crippen LogP) is 3.07. The summed E-state index contributed by atoms with van der Waals surface area (Å²) in [6, 6.07) is 7.71. The van der Waals surface area contributed by atoms with Crippen LogP contribution < -0.4 is 5.32 Å². The van der Waals surface area contributed by atoms with Gasteiger partial charge in [0.2, 0.25) is 5.91 Å². The van der Waals surface area contributed by atoms with E-state index < -0.39 is 5.97 Å². The Labute approximate surface area is 133 Å². The van der Waals surface area contributed by atoms with Gasteiger partial charge >= 0.3 is 5.97 Å². The van der Waals surface area contributed by atoms with Gasteiger partial charge in [0.15, 0.2) is 0 Å². The van der Waals surface area contributed by atoms with Crippen LogP contribution >= 0.6 is 11.3 Å². The number of para-hydroxylation sites is 1. The average Bonchev–Trinajstić information content (AvgIpc) is 2.85. The van der Waals surface area contributed by atoms with Crippen molar-refractivity contribution in [2.45, 2.75) is 32.6 Å². The van der Waals surface area contributed by atoms with E-state index in [4.69, 9.17) is 5.11 Å². The van der Waals surface area contributed by atoms with Crippen molar-refractivity contribution in [3.05, 3.63) is 45.9 Å². The molecule has 2 rings (SSSR count). The predicted molar refractivity (Wildman–Crippen MR) is 86.3 cm³/mol. The van der Waals surface area contributed by atoms with Crippen molar-refractivity contribution < 1.29 is 14.7 Å². The summed E-state index contributed by atoms with van der Waals surface area (Å²) in [5, 5.41) is 13.9. The highest BCUT2D eigenvalue weighted by Crippen LogP contribution is 2.24. The molecule has 22 heavy (non-hydrogen) atoms. The van der Waals surface area contributed by atoms with Crippen LogP contribution in [0, 0.1) is 0 Å². The maximum absolute atomic E-state index is 12.1. The van der Waals surface area contributed by atoms with E-state index in [-0.39, 0.29) is 18.7 Å². The number of nitrogens with zero attached hydrogens (tertiary/aromatic N) is 1. The van der Waals surface area contributed by atoms with Gasteiger partial charge in [-0.25, -0.2) is 4.98 Å². The van der Waals surface area contributed by atoms with Crippen LogP contribution in [0.15, 0.2) is 29.6 Å². The number of nitrogens with one attached hydrogen (secondary N) is 1. The molecule has 0 bridgehead atoms. The standard InChI is InChI=1S/C16H18N2O3S/c1-10(2)12-5-3-4-6-13(12)18-14(19)8-15-17-11(9-22-15)7-16(20)21/h3-6,9-10H,7-8H2,1-2H3,(H,18,19)(H,20,21). The molecule has 0 aliphatic rings. The van der Waals surface area contributed by atoms with Gasteiger partial charge in [0.05, 0.1) is 18.5 Å². The summed E-state index contributed by atoms with van der Waals surface area (Å²) in [6.07, 6.45) is 0.0328. The molecule has 1 aromatic carbocycles. The normalized spacial score (nSPS) is 10.7. The topological polar surface area (TPSA) is 79.3 Å². The minimum absolute atomic E-state index is 0.117. The molecule has 0 spiro atoms. The number of hydrogen-bond acceptors (Lipinski definition) is 4. The molecule has 0 unspecified atom stereocenters. The molecule has 2 aromatic rings. The van der Waals surface area contributed by atoms with Crippen LogP contribution in [-0.2, 0) is 22.4 Å². The van der Waals surface area contributed by atoms with E-state index >= 15 is 0 Å². The number of carbonyl (C=O) groups excluding carboxylic acids is 1. The molecule has 0 atom stereocenters. The first-order valence-electron chi connectivity index (χ1n) is 6.99. The number of hydrogen-bond donors (Lipinski definition) is 2. The fourth-order valence-corrected chi connectivity index (χ4v) is 2.90. The SMILES string of the molecule is CC(C)c1ccccc1NC(=O)Cc1nc(CC(=O)O)cs1. The Morgan fingerprint density at radius 1 is 1.27 bits per heavy atom. The zero-order valence-corrected chi connectivity index (χ0v) is 13.3. The lowest BCUT2D eigenvalue weighted by atomic mass is 10.0. The molecule has 0 aliphatic heterocycles. The number of carboxylic acids is 1. The number of aliphatic carboxylic acids is 1. The number of amides is 1. The molecule has 0 saturated heterocycles. The average molecular weight is 318 g/mol. The van der Waals surface area contributed by atoms with Gasteiger partial charge in [-0.3, -0.25) is 9.59 Å². The van der Waals surface area contributed by atoms with Crippen molar-refractivity contribution in [1.29, 1.82) is 0 Å². The molecular formula is C16H18N2O3S. The van der Waals surface area contributed by atoms with Crippen molar-refractivity contribution >= 4 is 28.9 Å². The summed E-state index contributed by atoms with van der Waals surface area (Å²) in [4.78, 5) is 26.9. The monoisotopic (exact) mass is 318 g/mol. The van der Waals surface area contributed by atoms with Crippen LogP contribution in [0.5, 0.6) is 0 Å². The summed E-state index contributed by atoms with van der Waals surface area (Å²) >= 11 is 1.31. The molecule has 6 heteroatoms. The van der Waals surface area contributed by atoms with Crippen molar-refractivity contribution in [3.63, 3.8) is 0 Å². The van der Waals surface area contributed by atoms with Crippen molar-refractivity contribution in [2.24, 2.45) is 0 Å². The third-order valence-electron chi connectivity index (χ3n) is 3.10. The summed E-state index contributed by atoms with van der Waals surface area (Å²) < 4.78 is 0. The molecule has 0 fully saturated rings. The first kappa shape index (κ1) is 16.2. The maximum atomic E-state index is 12.1. The lowest BCUT2D eigenvalue weighted by molar-refractivity contribution is -0.136. The Kier molecular flexibility index (Phi) is 5.27. The number of benzene rings is 1. The molecule has 2 N–H and O–H groups in total. The largest absolute Gasteiger partial charge is 0.481 e. The molecule has 0 radical (unpaired) electrons. The quantitative estimate of drug-likeness (QED) is 0.858. The van der Waals surface area contributed by atoms with E-state index in [0.29, 0.717) is 16.6 Å². The van der Waals surface area contributed by atoms with Crippen LogP contribution in [0.3, 0.4) is 0 Å². The van der Waals surface area contributed by atoms with Crippen molar-refractivity contribution in [3.8, 4) is 0 Å². The van der Waals surface area contributed by atoms with Crippen LogP contribution in [-0.4, -0.2) is 22.0 Å². The molecule has 5 nitrogen and oxygen atoms in total. The summed E-state index contributed by atoms with van der Waals surface area (Å²) in [5.41, 5.74) is 2.38. The van der Waals surface area contributed by atoms with Crippen LogP contribution in [0.2, 0.25) is 0 Å². The molecule has 116 valence electrons. The number of carbonyl (C=O) groups is 2. The highest BCUT2D eigenvalue weighted by molar-refractivity contribution is 7.09. The Morgan fingerprint density at radius 2 is 2.00 bits per heavy atom. The number of thiazole rings is 1. The van der Waals surface area contributed by atoms with E-state index in [9.17, 15) is 9.59 Å². The molecule has 1 aromatic heterocycles. The number of carboxylic acid groups (broad SMARTS) is 1. The van der Waals surface area contributed by atoms with Crippen LogP contribution in [0.4, 0.5) is 5.69 Å². The van der Waals surface area contributed by atoms with Gasteiger partial charge < -0.3 is 10.4 Å². The van der Waals surface area contributed by atoms with Gasteiger partial charge in [-0.15, -0.1) is 11.3 Å². The van der Waals surface area contributed by atoms with Gasteiger partial charge in [-0.2, -0.15) is 0 Å². The Hall–Kier alpha value is -2.21. The third-order valence-corrected chi connectivity index (χ3v) is 4.00. The first-order chi connectivity index (χ1) is 10.5. The lowest BCUT2D eigenvalue weighted by Crippen LogP contribution is -2.16. The second-order valence-corrected chi connectivity index (χ2v) is 6.21. The highest BCUT2D eigenvalue weighted by atomic mass is 32.1. The Bertz CT molecular complexity index is 680. The number of anilines is 1. The second-order valence-electron chi connectivity index (χ2n) is 5.27. The molecule has 0 aliphatic carbocycles. The first-order valence-corrected chi connectivity index (χ1v) is 7.87. The van der Waals surface area contributed by atoms with E-state index in [0.717, 1.165) is 11.3 Å². The Morgan fingerprint density at radius 3 is 2.68 bits per heavy atom. The summed E-state index contributed by atoms with van der Waals surface area (Å²) in [7, 11) is 0. The van der Waals surface area contributed by atoms with Gasteiger partial charge in [-0.05, 0) is 17.5 Å². The van der Waals surface area contributed by atoms with E-state index in [1.54, 1.807) is 5.38 Å². The maximum Gasteiger partial charge on any atom is 0.309 e. The van der Waals surface area contributed by atoms with Crippen LogP contribution in [0.25, 0.3) is 0 Å². The highest BCUT2D eigenvalue weighted by Gasteiger charge is 2.12. The molecular weight excluding hydrogens is 300 g/mol. The lowest BCUT2D eigenvalue weighted by Gasteiger charge is -2.13.